The molecule has 0 amide bonds. The lowest BCUT2D eigenvalue weighted by molar-refractivity contribution is 0.162. The monoisotopic (exact) mass is 288 g/mol. The Labute approximate surface area is 104 Å². The molecule has 0 spiro atoms. The zero-order valence-electron chi connectivity index (χ0n) is 8.95. The number of hydrogen-bond acceptors (Lipinski definition) is 3. The largest absolute Gasteiger partial charge is 0.326 e. The van der Waals surface area contributed by atoms with Gasteiger partial charge in [0.05, 0.1) is 3.79 Å². The van der Waals surface area contributed by atoms with Crippen LogP contribution in [0.25, 0.3) is 0 Å². The van der Waals surface area contributed by atoms with Gasteiger partial charge in [-0.25, -0.2) is 0 Å². The number of nitrogens with two attached hydrogens (primary N) is 1. The molecule has 0 saturated carbocycles. The van der Waals surface area contributed by atoms with Crippen molar-refractivity contribution >= 4 is 27.3 Å². The van der Waals surface area contributed by atoms with Crippen LogP contribution in [0, 0.1) is 5.92 Å². The average molecular weight is 289 g/mol. The van der Waals surface area contributed by atoms with Crippen LogP contribution in [-0.2, 0) is 6.54 Å². The predicted molar refractivity (Wildman–Crippen MR) is 69.1 cm³/mol. The van der Waals surface area contributed by atoms with Gasteiger partial charge in [0.25, 0.3) is 0 Å². The van der Waals surface area contributed by atoms with Crippen LogP contribution in [0.5, 0.6) is 0 Å². The highest BCUT2D eigenvalue weighted by Gasteiger charge is 2.22. The molecule has 2 rings (SSSR count). The molecule has 1 aliphatic heterocycles. The lowest BCUT2D eigenvalue weighted by Gasteiger charge is -2.34. The lowest BCUT2D eigenvalue weighted by Crippen LogP contribution is -2.47. The summed E-state index contributed by atoms with van der Waals surface area (Å²) in [4.78, 5) is 2.46. The maximum absolute atomic E-state index is 6.08. The van der Waals surface area contributed by atoms with Crippen molar-refractivity contribution in [2.24, 2.45) is 11.7 Å². The van der Waals surface area contributed by atoms with Gasteiger partial charge in [0.1, 0.15) is 0 Å². The van der Waals surface area contributed by atoms with Gasteiger partial charge in [0.15, 0.2) is 0 Å². The van der Waals surface area contributed by atoms with Crippen LogP contribution in [0.3, 0.4) is 0 Å². The molecule has 1 aliphatic rings. The van der Waals surface area contributed by atoms with E-state index in [9.17, 15) is 0 Å². The molecule has 4 heteroatoms. The van der Waals surface area contributed by atoms with Gasteiger partial charge in [-0.3, -0.25) is 4.90 Å². The minimum atomic E-state index is 0.348. The summed E-state index contributed by atoms with van der Waals surface area (Å²) in [5, 5.41) is 2.22. The van der Waals surface area contributed by atoms with E-state index in [0.717, 1.165) is 13.1 Å². The van der Waals surface area contributed by atoms with E-state index >= 15 is 0 Å². The second-order valence-corrected chi connectivity index (χ2v) is 6.71. The van der Waals surface area contributed by atoms with Crippen molar-refractivity contribution in [3.63, 3.8) is 0 Å². The van der Waals surface area contributed by atoms with Gasteiger partial charge < -0.3 is 5.73 Å². The lowest BCUT2D eigenvalue weighted by atomic mass is 9.94. The molecule has 15 heavy (non-hydrogen) atoms. The molecule has 2 atom stereocenters. The molecule has 2 N–H and O–H groups in total. The standard InChI is InChI=1S/C11H17BrN2S/c1-8-2-3-14(6-10(8)13)5-9-4-11(12)15-7-9/h4,7-8,10H,2-3,5-6,13H2,1H3. The molecule has 84 valence electrons. The van der Waals surface area contributed by atoms with Gasteiger partial charge in [-0.05, 0) is 51.8 Å². The van der Waals surface area contributed by atoms with Crippen molar-refractivity contribution in [2.75, 3.05) is 13.1 Å². The minimum Gasteiger partial charge on any atom is -0.326 e. The number of hydrogen-bond donors (Lipinski definition) is 1. The summed E-state index contributed by atoms with van der Waals surface area (Å²) < 4.78 is 1.21. The fourth-order valence-corrected chi connectivity index (χ4v) is 3.20. The molecule has 2 heterocycles. The molecule has 0 bridgehead atoms. The summed E-state index contributed by atoms with van der Waals surface area (Å²) >= 11 is 5.25. The Kier molecular flexibility index (Phi) is 3.83. The first-order valence-electron chi connectivity index (χ1n) is 5.36. The quantitative estimate of drug-likeness (QED) is 0.907. The summed E-state index contributed by atoms with van der Waals surface area (Å²) in [5.41, 5.74) is 7.48. The summed E-state index contributed by atoms with van der Waals surface area (Å²) in [6.45, 7) is 5.52. The van der Waals surface area contributed by atoms with E-state index < -0.39 is 0 Å². The van der Waals surface area contributed by atoms with Crippen LogP contribution in [0.2, 0.25) is 0 Å². The Bertz CT molecular complexity index is 326. The highest BCUT2D eigenvalue weighted by Crippen LogP contribution is 2.23. The summed E-state index contributed by atoms with van der Waals surface area (Å²) in [6, 6.07) is 2.55. The van der Waals surface area contributed by atoms with E-state index in [4.69, 9.17) is 5.73 Å². The van der Waals surface area contributed by atoms with E-state index in [1.165, 1.54) is 22.3 Å². The molecule has 1 fully saturated rings. The SMILES string of the molecule is CC1CCN(Cc2csc(Br)c2)CC1N. The van der Waals surface area contributed by atoms with E-state index in [0.29, 0.717) is 12.0 Å². The highest BCUT2D eigenvalue weighted by molar-refractivity contribution is 9.11. The van der Waals surface area contributed by atoms with Crippen LogP contribution < -0.4 is 5.73 Å². The summed E-state index contributed by atoms with van der Waals surface area (Å²) in [7, 11) is 0. The first-order chi connectivity index (χ1) is 7.15. The smallest absolute Gasteiger partial charge is 0.0701 e. The number of piperidine rings is 1. The third-order valence-electron chi connectivity index (χ3n) is 3.13. The minimum absolute atomic E-state index is 0.348. The molecule has 2 unspecified atom stereocenters. The second kappa shape index (κ2) is 4.95. The average Bonchev–Trinajstić information content (AvgIpc) is 2.58. The predicted octanol–water partition coefficient (Wildman–Crippen LogP) is 2.68. The Morgan fingerprint density at radius 1 is 1.67 bits per heavy atom. The Balaban J connectivity index is 1.90. The van der Waals surface area contributed by atoms with Crippen LogP contribution in [0.15, 0.2) is 15.2 Å². The van der Waals surface area contributed by atoms with Gasteiger partial charge in [-0.15, -0.1) is 11.3 Å². The zero-order valence-corrected chi connectivity index (χ0v) is 11.4. The third-order valence-corrected chi connectivity index (χ3v) is 4.68. The number of halogens is 1. The van der Waals surface area contributed by atoms with Crippen LogP contribution >= 0.6 is 27.3 Å². The first-order valence-corrected chi connectivity index (χ1v) is 7.03. The molecule has 2 nitrogen and oxygen atoms in total. The van der Waals surface area contributed by atoms with Crippen molar-refractivity contribution in [1.29, 1.82) is 0 Å². The van der Waals surface area contributed by atoms with Crippen LogP contribution in [0.4, 0.5) is 0 Å². The number of likely N-dealkylation sites (tertiary alicyclic amines) is 1. The number of thiophene rings is 1. The van der Waals surface area contributed by atoms with E-state index in [2.05, 4.69) is 39.2 Å². The molecule has 1 aromatic rings. The molecule has 1 aromatic heterocycles. The van der Waals surface area contributed by atoms with E-state index in [1.807, 2.05) is 0 Å². The van der Waals surface area contributed by atoms with Crippen molar-refractivity contribution in [3.8, 4) is 0 Å². The summed E-state index contributed by atoms with van der Waals surface area (Å²) in [6.07, 6.45) is 1.23. The second-order valence-electron chi connectivity index (χ2n) is 4.42. The molecule has 0 radical (unpaired) electrons. The Morgan fingerprint density at radius 3 is 3.07 bits per heavy atom. The van der Waals surface area contributed by atoms with Gasteiger partial charge in [0.2, 0.25) is 0 Å². The molecule has 0 aliphatic carbocycles. The van der Waals surface area contributed by atoms with Gasteiger partial charge >= 0.3 is 0 Å². The Hall–Kier alpha value is 0.1000. The van der Waals surface area contributed by atoms with Crippen LogP contribution in [0.1, 0.15) is 18.9 Å². The van der Waals surface area contributed by atoms with Gasteiger partial charge in [0, 0.05) is 19.1 Å². The normalized spacial score (nSPS) is 28.2. The fraction of sp³-hybridized carbons (Fsp3) is 0.636. The van der Waals surface area contributed by atoms with Gasteiger partial charge in [-0.1, -0.05) is 6.92 Å². The summed E-state index contributed by atoms with van der Waals surface area (Å²) in [5.74, 6) is 0.676. The zero-order chi connectivity index (χ0) is 10.8. The van der Waals surface area contributed by atoms with E-state index in [1.54, 1.807) is 11.3 Å². The molecular weight excluding hydrogens is 272 g/mol. The van der Waals surface area contributed by atoms with Crippen molar-refractivity contribution < 1.29 is 0 Å². The number of nitrogens with zero attached hydrogens (tertiary/aromatic N) is 1. The fourth-order valence-electron chi connectivity index (χ4n) is 2.00. The van der Waals surface area contributed by atoms with Crippen molar-refractivity contribution in [2.45, 2.75) is 25.9 Å². The van der Waals surface area contributed by atoms with Crippen molar-refractivity contribution in [1.82, 2.24) is 4.90 Å². The molecular formula is C11H17BrN2S. The van der Waals surface area contributed by atoms with Crippen molar-refractivity contribution in [3.05, 3.63) is 20.8 Å². The maximum atomic E-state index is 6.08. The molecule has 0 aromatic carbocycles. The topological polar surface area (TPSA) is 29.3 Å². The number of rotatable bonds is 2. The van der Waals surface area contributed by atoms with Crippen LogP contribution in [-0.4, -0.2) is 24.0 Å². The first kappa shape index (κ1) is 11.6. The third kappa shape index (κ3) is 3.03. The van der Waals surface area contributed by atoms with Gasteiger partial charge in [-0.2, -0.15) is 0 Å². The maximum Gasteiger partial charge on any atom is 0.0701 e. The Morgan fingerprint density at radius 2 is 2.47 bits per heavy atom. The highest BCUT2D eigenvalue weighted by atomic mass is 79.9. The molecule has 1 saturated heterocycles. The van der Waals surface area contributed by atoms with E-state index in [-0.39, 0.29) is 0 Å².